The first-order valence-electron chi connectivity index (χ1n) is 47.1. The first kappa shape index (κ1) is 112. The van der Waals surface area contributed by atoms with E-state index in [1.807, 2.05) is 0 Å². The van der Waals surface area contributed by atoms with Gasteiger partial charge >= 0.3 is 33.6 Å². The van der Waals surface area contributed by atoms with Crippen LogP contribution in [-0.4, -0.2) is 95.9 Å². The van der Waals surface area contributed by atoms with E-state index in [1.54, 1.807) is 0 Å². The Morgan fingerprint density at radius 2 is 0.453 bits per heavy atom. The number of unbranched alkanes of at least 4 members (excludes halogenated alkanes) is 42. The fourth-order valence-corrected chi connectivity index (χ4v) is 14.5. The van der Waals surface area contributed by atoms with E-state index in [0.29, 0.717) is 19.3 Å². The van der Waals surface area contributed by atoms with E-state index in [1.165, 1.54) is 199 Å². The van der Waals surface area contributed by atoms with Crippen LogP contribution in [0.2, 0.25) is 0 Å². The second kappa shape index (κ2) is 90.7. The summed E-state index contributed by atoms with van der Waals surface area (Å²) in [6, 6.07) is 0. The van der Waals surface area contributed by atoms with Gasteiger partial charge in [-0.25, -0.2) is 9.13 Å². The Kier molecular flexibility index (Phi) is 87.1. The van der Waals surface area contributed by atoms with E-state index in [0.717, 1.165) is 148 Å². The number of allylic oxidation sites excluding steroid dienone is 24. The lowest BCUT2D eigenvalue weighted by Gasteiger charge is -2.21. The highest BCUT2D eigenvalue weighted by molar-refractivity contribution is 7.47. The number of carbonyl (C=O) groups excluding carboxylic acids is 3. The number of phosphoric ester groups is 2. The Bertz CT molecular complexity index is 2710. The summed E-state index contributed by atoms with van der Waals surface area (Å²) in [5.41, 5.74) is 0. The number of hydrogen-bond donors (Lipinski definition) is 4. The SMILES string of the molecule is CC/C=C\C/C=C\C/C=C\C/C=C\C/C=C\C/C=C\CCCCCCCCCCCCCCCCCCC(=O)OCC(O)COP(=O)(O)OCC(O)COP(=O)(O)OCC(COC(=O)CCCCCCCCCCCCCCCCC/C=C\C/C=C\C/C=C\C/C=C\C/C=C\CC)OC(=O)CCCCCCC/C=C\CCCCCCCC. The molecule has 0 aliphatic heterocycles. The Labute approximate surface area is 715 Å². The van der Waals surface area contributed by atoms with Gasteiger partial charge in [0.05, 0.1) is 26.4 Å². The van der Waals surface area contributed by atoms with Crippen LogP contribution in [0.25, 0.3) is 0 Å². The van der Waals surface area contributed by atoms with Gasteiger partial charge in [0.25, 0.3) is 0 Å². The molecule has 0 aromatic rings. The van der Waals surface area contributed by atoms with Gasteiger partial charge in [0, 0.05) is 19.3 Å². The number of esters is 3. The Balaban J connectivity index is 4.42. The van der Waals surface area contributed by atoms with Crippen molar-refractivity contribution in [2.75, 3.05) is 39.6 Å². The van der Waals surface area contributed by atoms with Crippen molar-refractivity contribution >= 4 is 33.6 Å². The first-order valence-corrected chi connectivity index (χ1v) is 50.1. The van der Waals surface area contributed by atoms with E-state index >= 15 is 0 Å². The molecule has 0 bridgehead atoms. The molecule has 117 heavy (non-hydrogen) atoms. The van der Waals surface area contributed by atoms with E-state index in [9.17, 15) is 43.5 Å². The van der Waals surface area contributed by atoms with E-state index in [2.05, 4.69) is 167 Å². The van der Waals surface area contributed by atoms with Gasteiger partial charge in [0.15, 0.2) is 6.10 Å². The van der Waals surface area contributed by atoms with Crippen molar-refractivity contribution in [2.24, 2.45) is 0 Å². The fourth-order valence-electron chi connectivity index (χ4n) is 13.0. The summed E-state index contributed by atoms with van der Waals surface area (Å²) in [5.74, 6) is -1.57. The summed E-state index contributed by atoms with van der Waals surface area (Å²) >= 11 is 0. The maximum atomic E-state index is 13.0. The van der Waals surface area contributed by atoms with Gasteiger partial charge in [0.2, 0.25) is 0 Å². The molecule has 0 heterocycles. The molecule has 0 aliphatic carbocycles. The van der Waals surface area contributed by atoms with Crippen molar-refractivity contribution in [1.82, 2.24) is 0 Å². The molecule has 0 saturated heterocycles. The minimum atomic E-state index is -4.94. The zero-order valence-corrected chi connectivity index (χ0v) is 76.1. The summed E-state index contributed by atoms with van der Waals surface area (Å²) in [5, 5.41) is 20.7. The number of carbonyl (C=O) groups is 3. The lowest BCUT2D eigenvalue weighted by atomic mass is 10.0. The van der Waals surface area contributed by atoms with Crippen LogP contribution >= 0.6 is 15.6 Å². The normalized spacial score (nSPS) is 14.4. The first-order chi connectivity index (χ1) is 57.2. The molecule has 0 radical (unpaired) electrons. The number of aliphatic hydroxyl groups excluding tert-OH is 2. The topological polar surface area (TPSA) is 231 Å². The van der Waals surface area contributed by atoms with Crippen LogP contribution in [0.1, 0.15) is 406 Å². The van der Waals surface area contributed by atoms with Crippen LogP contribution < -0.4 is 0 Å². The second-order valence-corrected chi connectivity index (χ2v) is 34.3. The van der Waals surface area contributed by atoms with Crippen LogP contribution in [0.4, 0.5) is 0 Å². The maximum Gasteiger partial charge on any atom is 0.472 e. The lowest BCUT2D eigenvalue weighted by molar-refractivity contribution is -0.161. The van der Waals surface area contributed by atoms with Crippen LogP contribution in [-0.2, 0) is 55.8 Å². The molecule has 0 aromatic carbocycles. The molecule has 0 aromatic heterocycles. The predicted octanol–water partition coefficient (Wildman–Crippen LogP) is 29.1. The van der Waals surface area contributed by atoms with Crippen molar-refractivity contribution in [3.05, 3.63) is 146 Å². The Morgan fingerprint density at radius 1 is 0.248 bits per heavy atom. The molecule has 674 valence electrons. The van der Waals surface area contributed by atoms with Crippen LogP contribution in [0.15, 0.2) is 146 Å². The predicted molar refractivity (Wildman–Crippen MR) is 491 cm³/mol. The molecule has 5 atom stereocenters. The molecule has 0 amide bonds. The third kappa shape index (κ3) is 92.0. The lowest BCUT2D eigenvalue weighted by Crippen LogP contribution is -2.30. The standard InChI is InChI=1S/C99H172O16P2/c1-4-7-10-13-16-19-22-25-28-30-32-34-36-38-40-42-44-45-46-47-49-51-52-54-56-58-60-62-65-67-70-73-76-79-82-85-97(102)109-88-94(100)89-111-116(105,106)112-90-95(101)91-113-117(107,108)114-93-96(115-99(104)87-84-81-78-75-72-69-64-27-24-21-18-15-12-9-6-3)92-110-98(103)86-83-80-77-74-71-68-66-63-61-59-57-55-53-50-48-43-41-39-37-35-33-31-29-26-23-20-17-14-11-8-5-2/h7-8,10-11,16-17,19-20,25-29,32-35,38-41,44-45,64,94-96,100-101H,4-6,9,12-15,18,21-24,30-31,36-37,42-43,46-63,65-93H2,1-3H3,(H,105,106)(H,107,108)/b10-7-,11-8-,19-16-,20-17-,28-25-,29-26-,34-32-,35-33-,40-38-,41-39-,45-44-,64-27-. The maximum absolute atomic E-state index is 13.0. The third-order valence-corrected chi connectivity index (χ3v) is 21.9. The molecule has 0 spiro atoms. The summed E-state index contributed by atoms with van der Waals surface area (Å²) in [7, 11) is -9.80. The van der Waals surface area contributed by atoms with Crippen LogP contribution in [0.5, 0.6) is 0 Å². The molecule has 0 fully saturated rings. The molecule has 0 rings (SSSR count). The average molecular weight is 1680 g/mol. The Hall–Kier alpha value is -4.57. The van der Waals surface area contributed by atoms with Gasteiger partial charge in [-0.15, -0.1) is 0 Å². The van der Waals surface area contributed by atoms with Gasteiger partial charge < -0.3 is 34.2 Å². The number of ether oxygens (including phenoxy) is 3. The monoisotopic (exact) mass is 1680 g/mol. The highest BCUT2D eigenvalue weighted by Crippen LogP contribution is 2.45. The Morgan fingerprint density at radius 3 is 0.726 bits per heavy atom. The van der Waals surface area contributed by atoms with Crippen molar-refractivity contribution in [3.63, 3.8) is 0 Å². The van der Waals surface area contributed by atoms with Crippen LogP contribution in [0.3, 0.4) is 0 Å². The molecule has 16 nitrogen and oxygen atoms in total. The molecular formula is C99H172O16P2. The number of aliphatic hydroxyl groups is 2. The smallest absolute Gasteiger partial charge is 0.463 e. The average Bonchev–Trinajstić information content (AvgIpc) is 0.886. The third-order valence-electron chi connectivity index (χ3n) is 20.0. The minimum absolute atomic E-state index is 0.0953. The fraction of sp³-hybridized carbons (Fsp3) is 0.727. The largest absolute Gasteiger partial charge is 0.472 e. The molecule has 0 saturated carbocycles. The van der Waals surface area contributed by atoms with Crippen molar-refractivity contribution in [3.8, 4) is 0 Å². The van der Waals surface area contributed by atoms with Crippen LogP contribution in [0, 0.1) is 0 Å². The zero-order valence-electron chi connectivity index (χ0n) is 74.3. The van der Waals surface area contributed by atoms with Crippen molar-refractivity contribution in [1.29, 1.82) is 0 Å². The van der Waals surface area contributed by atoms with E-state index in [4.69, 9.17) is 32.3 Å². The van der Waals surface area contributed by atoms with Gasteiger partial charge in [-0.2, -0.15) is 0 Å². The van der Waals surface area contributed by atoms with Gasteiger partial charge in [-0.1, -0.05) is 391 Å². The highest BCUT2D eigenvalue weighted by Gasteiger charge is 2.30. The quantitative estimate of drug-likeness (QED) is 0.0146. The number of rotatable bonds is 89. The summed E-state index contributed by atoms with van der Waals surface area (Å²) in [6.45, 7) is 2.50. The molecule has 18 heteroatoms. The zero-order chi connectivity index (χ0) is 85.1. The van der Waals surface area contributed by atoms with Gasteiger partial charge in [-0.05, 0) is 141 Å². The molecule has 5 unspecified atom stereocenters. The van der Waals surface area contributed by atoms with Gasteiger partial charge in [0.1, 0.15) is 25.4 Å². The van der Waals surface area contributed by atoms with Crippen molar-refractivity contribution in [2.45, 2.75) is 424 Å². The molecule has 0 aliphatic rings. The summed E-state index contributed by atoms with van der Waals surface area (Å²) in [4.78, 5) is 58.9. The minimum Gasteiger partial charge on any atom is -0.463 e. The summed E-state index contributed by atoms with van der Waals surface area (Å²) in [6.07, 6.45) is 115. The van der Waals surface area contributed by atoms with Gasteiger partial charge in [-0.3, -0.25) is 32.5 Å². The summed E-state index contributed by atoms with van der Waals surface area (Å²) < 4.78 is 61.4. The highest BCUT2D eigenvalue weighted by atomic mass is 31.2. The van der Waals surface area contributed by atoms with E-state index in [-0.39, 0.29) is 19.3 Å². The second-order valence-electron chi connectivity index (χ2n) is 31.4. The van der Waals surface area contributed by atoms with Crippen molar-refractivity contribution < 1.29 is 75.8 Å². The number of hydrogen-bond acceptors (Lipinski definition) is 14. The number of phosphoric acid groups is 2. The molecular weight excluding hydrogens is 1510 g/mol. The van der Waals surface area contributed by atoms with E-state index < -0.39 is 91.5 Å². The molecule has 4 N–H and O–H groups in total.